The van der Waals surface area contributed by atoms with E-state index in [0.29, 0.717) is 29.1 Å². The molecule has 0 atom stereocenters. The maximum Gasteiger partial charge on any atom is 0.340 e. The van der Waals surface area contributed by atoms with Gasteiger partial charge in [0.25, 0.3) is 0 Å². The summed E-state index contributed by atoms with van der Waals surface area (Å²) in [5, 5.41) is 0.745. The first-order chi connectivity index (χ1) is 12.6. The summed E-state index contributed by atoms with van der Waals surface area (Å²) in [7, 11) is 0. The van der Waals surface area contributed by atoms with Gasteiger partial charge in [-0.2, -0.15) is 0 Å². The Kier molecular flexibility index (Phi) is 5.37. The van der Waals surface area contributed by atoms with E-state index in [1.807, 2.05) is 36.4 Å². The molecule has 1 heterocycles. The molecule has 0 spiro atoms. The van der Waals surface area contributed by atoms with Crippen LogP contribution in [0, 0.1) is 6.92 Å². The number of benzene rings is 2. The first-order valence-electron chi connectivity index (χ1n) is 8.47. The van der Waals surface area contributed by atoms with E-state index in [0.717, 1.165) is 10.9 Å². The molecule has 0 aliphatic heterocycles. The maximum atomic E-state index is 12.2. The van der Waals surface area contributed by atoms with Crippen molar-refractivity contribution in [1.29, 1.82) is 0 Å². The highest BCUT2D eigenvalue weighted by molar-refractivity contribution is 5.84. The molecule has 0 unspecified atom stereocenters. The fourth-order valence-electron chi connectivity index (χ4n) is 2.76. The molecule has 26 heavy (non-hydrogen) atoms. The minimum Gasteiger partial charge on any atom is -0.489 e. The van der Waals surface area contributed by atoms with E-state index in [-0.39, 0.29) is 13.0 Å². The molecule has 0 aliphatic carbocycles. The number of hydrogen-bond acceptors (Lipinski definition) is 5. The molecule has 5 nitrogen and oxygen atoms in total. The molecule has 0 fully saturated rings. The summed E-state index contributed by atoms with van der Waals surface area (Å²) in [5.74, 6) is 0.221. The van der Waals surface area contributed by atoms with Crippen molar-refractivity contribution in [1.82, 2.24) is 0 Å². The Labute approximate surface area is 151 Å². The van der Waals surface area contributed by atoms with Gasteiger partial charge < -0.3 is 13.9 Å². The van der Waals surface area contributed by atoms with Crippen LogP contribution in [0.3, 0.4) is 0 Å². The molecule has 2 aromatic carbocycles. The summed E-state index contributed by atoms with van der Waals surface area (Å²) < 4.78 is 16.1. The average Bonchev–Trinajstić information content (AvgIpc) is 2.65. The van der Waals surface area contributed by atoms with Crippen LogP contribution in [0.25, 0.3) is 11.0 Å². The molecule has 0 amide bonds. The van der Waals surface area contributed by atoms with Gasteiger partial charge >= 0.3 is 11.6 Å². The predicted molar refractivity (Wildman–Crippen MR) is 98.3 cm³/mol. The molecule has 3 rings (SSSR count). The lowest BCUT2D eigenvalue weighted by Crippen LogP contribution is -2.17. The Morgan fingerprint density at radius 3 is 2.62 bits per heavy atom. The fourth-order valence-corrected chi connectivity index (χ4v) is 2.76. The number of carbonyl (C=O) groups is 1. The van der Waals surface area contributed by atoms with E-state index in [1.165, 1.54) is 0 Å². The van der Waals surface area contributed by atoms with Crippen LogP contribution in [-0.2, 0) is 22.6 Å². The number of aryl methyl sites for hydroxylation is 1. The Morgan fingerprint density at radius 1 is 1.12 bits per heavy atom. The van der Waals surface area contributed by atoms with Crippen molar-refractivity contribution >= 4 is 16.9 Å². The van der Waals surface area contributed by atoms with Gasteiger partial charge in [-0.1, -0.05) is 30.3 Å². The predicted octanol–water partition coefficient (Wildman–Crippen LogP) is 3.79. The van der Waals surface area contributed by atoms with Crippen LogP contribution in [0.15, 0.2) is 57.7 Å². The molecule has 1 aromatic heterocycles. The van der Waals surface area contributed by atoms with Crippen molar-refractivity contribution in [3.8, 4) is 5.75 Å². The Balaban J connectivity index is 1.90. The third kappa shape index (κ3) is 3.94. The van der Waals surface area contributed by atoms with Crippen molar-refractivity contribution in [3.63, 3.8) is 0 Å². The molecule has 0 bridgehead atoms. The topological polar surface area (TPSA) is 65.7 Å². The highest BCUT2D eigenvalue weighted by Gasteiger charge is 2.16. The van der Waals surface area contributed by atoms with E-state index in [9.17, 15) is 9.59 Å². The van der Waals surface area contributed by atoms with E-state index in [4.69, 9.17) is 13.9 Å². The van der Waals surface area contributed by atoms with Crippen LogP contribution in [0.4, 0.5) is 0 Å². The van der Waals surface area contributed by atoms with Crippen LogP contribution in [-0.4, -0.2) is 12.6 Å². The van der Waals surface area contributed by atoms with Crippen LogP contribution in [0.5, 0.6) is 5.75 Å². The zero-order valence-corrected chi connectivity index (χ0v) is 14.8. The van der Waals surface area contributed by atoms with E-state index in [1.54, 1.807) is 26.0 Å². The number of fused-ring (bicyclic) bond motifs is 1. The first kappa shape index (κ1) is 17.7. The van der Waals surface area contributed by atoms with Gasteiger partial charge in [0.05, 0.1) is 18.6 Å². The number of hydrogen-bond donors (Lipinski definition) is 0. The molecule has 0 N–H and O–H groups in total. The molecule has 0 aliphatic rings. The second kappa shape index (κ2) is 7.87. The van der Waals surface area contributed by atoms with E-state index >= 15 is 0 Å². The summed E-state index contributed by atoms with van der Waals surface area (Å²) in [5.41, 5.74) is 2.03. The molecular weight excluding hydrogens is 332 g/mol. The number of ether oxygens (including phenoxy) is 2. The van der Waals surface area contributed by atoms with Crippen molar-refractivity contribution in [2.75, 3.05) is 6.61 Å². The second-order valence-corrected chi connectivity index (χ2v) is 5.91. The summed E-state index contributed by atoms with van der Waals surface area (Å²) in [6.45, 7) is 4.24. The van der Waals surface area contributed by atoms with Gasteiger partial charge in [-0.05, 0) is 43.2 Å². The minimum absolute atomic E-state index is 0.104. The van der Waals surface area contributed by atoms with Gasteiger partial charge in [0, 0.05) is 5.39 Å². The van der Waals surface area contributed by atoms with Crippen LogP contribution >= 0.6 is 0 Å². The van der Waals surface area contributed by atoms with Gasteiger partial charge in [0.15, 0.2) is 0 Å². The smallest absolute Gasteiger partial charge is 0.340 e. The van der Waals surface area contributed by atoms with Crippen molar-refractivity contribution < 1.29 is 18.7 Å². The van der Waals surface area contributed by atoms with Crippen molar-refractivity contribution in [2.45, 2.75) is 26.9 Å². The Hall–Kier alpha value is -3.08. The van der Waals surface area contributed by atoms with Crippen LogP contribution in [0.2, 0.25) is 0 Å². The zero-order chi connectivity index (χ0) is 18.5. The number of rotatable bonds is 6. The summed E-state index contributed by atoms with van der Waals surface area (Å²) in [6, 6.07) is 15.1. The number of carbonyl (C=O) groups excluding carboxylic acids is 1. The van der Waals surface area contributed by atoms with Gasteiger partial charge in [0.1, 0.15) is 17.9 Å². The van der Waals surface area contributed by atoms with E-state index in [2.05, 4.69) is 0 Å². The van der Waals surface area contributed by atoms with E-state index < -0.39 is 11.6 Å². The first-order valence-corrected chi connectivity index (χ1v) is 8.47. The molecule has 134 valence electrons. The summed E-state index contributed by atoms with van der Waals surface area (Å²) in [6.07, 6.45) is -0.104. The summed E-state index contributed by atoms with van der Waals surface area (Å²) >= 11 is 0. The molecule has 0 saturated heterocycles. The second-order valence-electron chi connectivity index (χ2n) is 5.91. The Bertz CT molecular complexity index is 973. The highest BCUT2D eigenvalue weighted by atomic mass is 16.5. The van der Waals surface area contributed by atoms with Gasteiger partial charge in [-0.3, -0.25) is 4.79 Å². The maximum absolute atomic E-state index is 12.2. The molecule has 0 saturated carbocycles. The SMILES string of the molecule is CCOC(=O)Cc1c(C)c2cc(OCc3ccccc3)ccc2oc1=O. The average molecular weight is 352 g/mol. The van der Waals surface area contributed by atoms with Gasteiger partial charge in [-0.15, -0.1) is 0 Å². The fraction of sp³-hybridized carbons (Fsp3) is 0.238. The van der Waals surface area contributed by atoms with Crippen molar-refractivity contribution in [2.24, 2.45) is 0 Å². The van der Waals surface area contributed by atoms with Crippen LogP contribution in [0.1, 0.15) is 23.6 Å². The summed E-state index contributed by atoms with van der Waals surface area (Å²) in [4.78, 5) is 23.9. The normalized spacial score (nSPS) is 10.7. The van der Waals surface area contributed by atoms with Gasteiger partial charge in [-0.25, -0.2) is 4.79 Å². The third-order valence-corrected chi connectivity index (χ3v) is 4.13. The highest BCUT2D eigenvalue weighted by Crippen LogP contribution is 2.25. The lowest BCUT2D eigenvalue weighted by atomic mass is 10.0. The number of esters is 1. The van der Waals surface area contributed by atoms with Crippen molar-refractivity contribution in [3.05, 3.63) is 75.6 Å². The zero-order valence-electron chi connectivity index (χ0n) is 14.8. The molecule has 0 radical (unpaired) electrons. The molecule has 3 aromatic rings. The van der Waals surface area contributed by atoms with Crippen LogP contribution < -0.4 is 10.4 Å². The minimum atomic E-state index is -0.513. The van der Waals surface area contributed by atoms with Gasteiger partial charge in [0.2, 0.25) is 0 Å². The lowest BCUT2D eigenvalue weighted by molar-refractivity contribution is -0.142. The monoisotopic (exact) mass is 352 g/mol. The third-order valence-electron chi connectivity index (χ3n) is 4.13. The Morgan fingerprint density at radius 2 is 1.88 bits per heavy atom. The molecular formula is C21H20O5. The molecule has 5 heteroatoms. The lowest BCUT2D eigenvalue weighted by Gasteiger charge is -2.10. The largest absolute Gasteiger partial charge is 0.489 e. The quantitative estimate of drug-likeness (QED) is 0.499. The standard InChI is InChI=1S/C21H20O5/c1-3-24-20(22)12-18-14(2)17-11-16(9-10-19(17)26-21(18)23)25-13-15-7-5-4-6-8-15/h4-11H,3,12-13H2,1-2H3.